The van der Waals surface area contributed by atoms with Crippen molar-refractivity contribution in [2.75, 3.05) is 41.5 Å². The lowest BCUT2D eigenvalue weighted by atomic mass is 9.89. The normalized spacial score (nSPS) is 19.2. The fraction of sp³-hybridized carbons (Fsp3) is 0.738. The van der Waals surface area contributed by atoms with E-state index < -0.39 is 60.4 Å². The standard InChI is InChI=1S/C42H71N5O9/c1-14-27(7)36(45(10)41(52)34(25(3)4)44-40(51)35(26(5)6)46(11)42(53)56-15-2)32(54-12)24-33(48)47-23-19-22-31(47)38(55-13)28(8)39(50)43-29(9)37(49)30-20-17-16-18-21-30/h16-18,20-21,25-29,31-32,34-38,49H,14-15,19,22-24H2,1-13H3,(H,43,50)(H,44,51)/t27-,28+,29+,31-,32+,34-,35?,36-,37-,38+/m0/s1. The maximum absolute atomic E-state index is 14.3. The lowest BCUT2D eigenvalue weighted by Crippen LogP contribution is -2.60. The van der Waals surface area contributed by atoms with E-state index in [1.54, 1.807) is 37.6 Å². The number of amides is 5. The van der Waals surface area contributed by atoms with Crippen LogP contribution in [0, 0.1) is 23.7 Å². The zero-order chi connectivity index (χ0) is 42.4. The van der Waals surface area contributed by atoms with Crippen molar-refractivity contribution in [3.8, 4) is 0 Å². The molecule has 0 bridgehead atoms. The molecule has 10 atom stereocenters. The number of methoxy groups -OCH3 is 2. The van der Waals surface area contributed by atoms with Gasteiger partial charge in [-0.2, -0.15) is 0 Å². The molecule has 5 amide bonds. The van der Waals surface area contributed by atoms with Crippen molar-refractivity contribution in [2.45, 2.75) is 137 Å². The van der Waals surface area contributed by atoms with Crippen molar-refractivity contribution in [1.29, 1.82) is 0 Å². The number of benzene rings is 1. The second-order valence-electron chi connectivity index (χ2n) is 16.0. The van der Waals surface area contributed by atoms with Crippen molar-refractivity contribution in [3.63, 3.8) is 0 Å². The van der Waals surface area contributed by atoms with Gasteiger partial charge in [0, 0.05) is 34.9 Å². The number of likely N-dealkylation sites (N-methyl/N-ethyl adjacent to an activating group) is 2. The second kappa shape index (κ2) is 22.9. The first-order valence-corrected chi connectivity index (χ1v) is 20.2. The third-order valence-electron chi connectivity index (χ3n) is 11.3. The van der Waals surface area contributed by atoms with E-state index >= 15 is 0 Å². The Morgan fingerprint density at radius 1 is 0.875 bits per heavy atom. The molecule has 1 aromatic rings. The Morgan fingerprint density at radius 3 is 2.02 bits per heavy atom. The molecular formula is C42H71N5O9. The van der Waals surface area contributed by atoms with Gasteiger partial charge in [-0.3, -0.25) is 24.1 Å². The molecule has 1 saturated heterocycles. The molecule has 1 unspecified atom stereocenters. The van der Waals surface area contributed by atoms with E-state index in [2.05, 4.69) is 10.6 Å². The molecule has 0 spiro atoms. The molecule has 318 valence electrons. The summed E-state index contributed by atoms with van der Waals surface area (Å²) in [7, 11) is 6.26. The predicted octanol–water partition coefficient (Wildman–Crippen LogP) is 4.40. The number of aliphatic hydroxyl groups is 1. The topological polar surface area (TPSA) is 167 Å². The fourth-order valence-electron chi connectivity index (χ4n) is 7.92. The molecule has 0 aromatic heterocycles. The van der Waals surface area contributed by atoms with E-state index in [1.807, 2.05) is 71.9 Å². The van der Waals surface area contributed by atoms with Crippen molar-refractivity contribution in [2.24, 2.45) is 23.7 Å². The molecule has 1 heterocycles. The minimum atomic E-state index is -0.918. The number of nitrogens with zero attached hydrogens (tertiary/aromatic N) is 3. The average molecular weight is 790 g/mol. The molecule has 0 saturated carbocycles. The Balaban J connectivity index is 2.28. The quantitative estimate of drug-likeness (QED) is 0.164. The van der Waals surface area contributed by atoms with Gasteiger partial charge in [-0.25, -0.2) is 4.79 Å². The minimum absolute atomic E-state index is 0.0184. The third kappa shape index (κ3) is 12.4. The minimum Gasteiger partial charge on any atom is -0.450 e. The number of nitrogens with one attached hydrogen (secondary N) is 2. The zero-order valence-electron chi connectivity index (χ0n) is 36.1. The number of aliphatic hydroxyl groups excluding tert-OH is 1. The number of likely N-dealkylation sites (tertiary alicyclic amines) is 1. The van der Waals surface area contributed by atoms with E-state index in [-0.39, 0.29) is 54.5 Å². The molecule has 0 aliphatic carbocycles. The molecular weight excluding hydrogens is 718 g/mol. The number of carbonyl (C=O) groups is 5. The summed E-state index contributed by atoms with van der Waals surface area (Å²) >= 11 is 0. The molecule has 2 rings (SSSR count). The van der Waals surface area contributed by atoms with Crippen LogP contribution in [0.1, 0.15) is 99.7 Å². The highest BCUT2D eigenvalue weighted by atomic mass is 16.6. The van der Waals surface area contributed by atoms with Crippen LogP contribution in [-0.2, 0) is 33.4 Å². The van der Waals surface area contributed by atoms with Crippen LogP contribution in [-0.4, -0.2) is 133 Å². The Bertz CT molecular complexity index is 1410. The number of hydrogen-bond acceptors (Lipinski definition) is 9. The molecule has 1 aliphatic rings. The van der Waals surface area contributed by atoms with Gasteiger partial charge in [-0.05, 0) is 50.0 Å². The highest BCUT2D eigenvalue weighted by Gasteiger charge is 2.43. The summed E-state index contributed by atoms with van der Waals surface area (Å²) in [5, 5.41) is 16.7. The van der Waals surface area contributed by atoms with Crippen molar-refractivity contribution < 1.29 is 43.3 Å². The summed E-state index contributed by atoms with van der Waals surface area (Å²) in [4.78, 5) is 72.9. The predicted molar refractivity (Wildman–Crippen MR) is 215 cm³/mol. The van der Waals surface area contributed by atoms with Gasteiger partial charge >= 0.3 is 6.09 Å². The monoisotopic (exact) mass is 790 g/mol. The van der Waals surface area contributed by atoms with E-state index in [0.717, 1.165) is 6.42 Å². The van der Waals surface area contributed by atoms with Crippen LogP contribution in [0.15, 0.2) is 30.3 Å². The molecule has 14 nitrogen and oxygen atoms in total. The highest BCUT2D eigenvalue weighted by molar-refractivity contribution is 5.91. The first-order chi connectivity index (χ1) is 26.4. The number of carbonyl (C=O) groups excluding carboxylic acids is 5. The van der Waals surface area contributed by atoms with Gasteiger partial charge in [0.05, 0.1) is 55.4 Å². The Hall–Kier alpha value is -3.75. The van der Waals surface area contributed by atoms with Crippen LogP contribution in [0.5, 0.6) is 0 Å². The highest BCUT2D eigenvalue weighted by Crippen LogP contribution is 2.30. The maximum Gasteiger partial charge on any atom is 0.410 e. The van der Waals surface area contributed by atoms with Gasteiger partial charge < -0.3 is 39.8 Å². The van der Waals surface area contributed by atoms with Crippen LogP contribution in [0.25, 0.3) is 0 Å². The fourth-order valence-corrected chi connectivity index (χ4v) is 7.92. The molecule has 1 aliphatic heterocycles. The summed E-state index contributed by atoms with van der Waals surface area (Å²) in [5.41, 5.74) is 0.697. The van der Waals surface area contributed by atoms with Crippen molar-refractivity contribution in [3.05, 3.63) is 35.9 Å². The van der Waals surface area contributed by atoms with Gasteiger partial charge in [-0.1, -0.05) is 85.2 Å². The van der Waals surface area contributed by atoms with Gasteiger partial charge in [-0.15, -0.1) is 0 Å². The first-order valence-electron chi connectivity index (χ1n) is 20.2. The van der Waals surface area contributed by atoms with Crippen LogP contribution in [0.3, 0.4) is 0 Å². The maximum atomic E-state index is 14.3. The van der Waals surface area contributed by atoms with Crippen LogP contribution >= 0.6 is 0 Å². The van der Waals surface area contributed by atoms with E-state index in [4.69, 9.17) is 14.2 Å². The lowest BCUT2D eigenvalue weighted by Gasteiger charge is -2.41. The molecule has 1 fully saturated rings. The van der Waals surface area contributed by atoms with Crippen LogP contribution < -0.4 is 10.6 Å². The summed E-state index contributed by atoms with van der Waals surface area (Å²) in [6.07, 6.45) is -0.757. The molecule has 56 heavy (non-hydrogen) atoms. The first kappa shape index (κ1) is 48.4. The van der Waals surface area contributed by atoms with Crippen molar-refractivity contribution >= 4 is 29.7 Å². The van der Waals surface area contributed by atoms with Gasteiger partial charge in [0.1, 0.15) is 12.1 Å². The summed E-state index contributed by atoms with van der Waals surface area (Å²) in [6.45, 7) is 17.2. The lowest BCUT2D eigenvalue weighted by molar-refractivity contribution is -0.148. The summed E-state index contributed by atoms with van der Waals surface area (Å²) in [6, 6.07) is 5.90. The van der Waals surface area contributed by atoms with Gasteiger partial charge in [0.15, 0.2) is 0 Å². The van der Waals surface area contributed by atoms with Crippen LogP contribution in [0.4, 0.5) is 4.79 Å². The largest absolute Gasteiger partial charge is 0.450 e. The Labute approximate surface area is 335 Å². The van der Waals surface area contributed by atoms with Gasteiger partial charge in [0.2, 0.25) is 23.6 Å². The van der Waals surface area contributed by atoms with E-state index in [1.165, 1.54) is 26.2 Å². The average Bonchev–Trinajstić information content (AvgIpc) is 3.65. The molecule has 0 radical (unpaired) electrons. The summed E-state index contributed by atoms with van der Waals surface area (Å²) < 4.78 is 17.1. The second-order valence-corrected chi connectivity index (χ2v) is 16.0. The smallest absolute Gasteiger partial charge is 0.410 e. The number of ether oxygens (including phenoxy) is 3. The zero-order valence-corrected chi connectivity index (χ0v) is 36.1. The Kier molecular flexibility index (Phi) is 19.8. The Morgan fingerprint density at radius 2 is 1.50 bits per heavy atom. The summed E-state index contributed by atoms with van der Waals surface area (Å²) in [5.74, 6) is -2.53. The molecule has 14 heteroatoms. The number of hydrogen-bond donors (Lipinski definition) is 3. The van der Waals surface area contributed by atoms with E-state index in [9.17, 15) is 29.1 Å². The van der Waals surface area contributed by atoms with Gasteiger partial charge in [0.25, 0.3) is 0 Å². The van der Waals surface area contributed by atoms with Crippen LogP contribution in [0.2, 0.25) is 0 Å². The third-order valence-corrected chi connectivity index (χ3v) is 11.3. The van der Waals surface area contributed by atoms with Crippen molar-refractivity contribution in [1.82, 2.24) is 25.3 Å². The SMILES string of the molecule is CCOC(=O)N(C)C(C(=O)N[C@H](C(=O)N(C)[C@@H]([C@@H](C)CC)[C@@H](CC(=O)N1CCC[C@H]1[C@H](OC)[C@@H](C)C(=O)N[C@H](C)[C@H](O)c1ccccc1)OC)C(C)C)C(C)C. The molecule has 3 N–H and O–H groups in total. The number of rotatable bonds is 21. The van der Waals surface area contributed by atoms with E-state index in [0.29, 0.717) is 24.9 Å². The molecule has 1 aromatic carbocycles.